The maximum Gasteiger partial charge on any atom is 0.307 e. The first kappa shape index (κ1) is 11.6. The highest BCUT2D eigenvalue weighted by atomic mass is 16.6. The summed E-state index contributed by atoms with van der Waals surface area (Å²) in [5.41, 5.74) is -0.0916. The Balaban J connectivity index is 2.09. The third-order valence-corrected chi connectivity index (χ3v) is 2.97. The van der Waals surface area contributed by atoms with Crippen LogP contribution in [0.4, 0.5) is 5.69 Å². The highest BCUT2D eigenvalue weighted by Crippen LogP contribution is 2.17. The molecule has 0 aromatic carbocycles. The highest BCUT2D eigenvalue weighted by Gasteiger charge is 2.25. The monoisotopic (exact) mass is 238 g/mol. The fourth-order valence-electron chi connectivity index (χ4n) is 1.95. The summed E-state index contributed by atoms with van der Waals surface area (Å²) in [5, 5.41) is 14.4. The number of rotatable bonds is 3. The topological polar surface area (TPSA) is 81.3 Å². The number of nitro groups is 1. The highest BCUT2D eigenvalue weighted by molar-refractivity contribution is 5.80. The molecular weight excluding hydrogens is 224 g/mol. The summed E-state index contributed by atoms with van der Waals surface area (Å²) in [6.07, 6.45) is 4.50. The van der Waals surface area contributed by atoms with E-state index in [1.54, 1.807) is 11.8 Å². The molecule has 0 radical (unpaired) electrons. The molecule has 1 atom stereocenters. The number of amides is 1. The van der Waals surface area contributed by atoms with Crippen molar-refractivity contribution in [2.45, 2.75) is 25.8 Å². The lowest BCUT2D eigenvalue weighted by Crippen LogP contribution is -2.34. The second-order valence-corrected chi connectivity index (χ2v) is 4.14. The molecule has 17 heavy (non-hydrogen) atoms. The van der Waals surface area contributed by atoms with E-state index in [0.29, 0.717) is 0 Å². The fraction of sp³-hybridized carbons (Fsp3) is 0.600. The lowest BCUT2D eigenvalue weighted by atomic mass is 10.3. The Morgan fingerprint density at radius 1 is 1.53 bits per heavy atom. The van der Waals surface area contributed by atoms with Crippen LogP contribution in [-0.2, 0) is 4.79 Å². The van der Waals surface area contributed by atoms with Crippen LogP contribution >= 0.6 is 0 Å². The molecule has 2 heterocycles. The second-order valence-electron chi connectivity index (χ2n) is 4.14. The molecule has 7 heteroatoms. The Labute approximate surface area is 98.2 Å². The van der Waals surface area contributed by atoms with Gasteiger partial charge in [-0.1, -0.05) is 0 Å². The smallest absolute Gasteiger partial charge is 0.307 e. The largest absolute Gasteiger partial charge is 0.341 e. The van der Waals surface area contributed by atoms with E-state index in [2.05, 4.69) is 5.10 Å². The average molecular weight is 238 g/mol. The van der Waals surface area contributed by atoms with Gasteiger partial charge in [-0.25, -0.2) is 0 Å². The standard InChI is InChI=1S/C10H14N4O3/c1-8(10(15)12-4-2-3-5-12)13-7-9(6-11-13)14(16)17/h6-8H,2-5H2,1H3/t8-/m1/s1. The molecule has 92 valence electrons. The van der Waals surface area contributed by atoms with Gasteiger partial charge in [0.25, 0.3) is 0 Å². The molecule has 1 aromatic heterocycles. The summed E-state index contributed by atoms with van der Waals surface area (Å²) in [6.45, 7) is 3.25. The Morgan fingerprint density at radius 2 is 2.18 bits per heavy atom. The quantitative estimate of drug-likeness (QED) is 0.580. The molecule has 1 saturated heterocycles. The number of hydrogen-bond donors (Lipinski definition) is 0. The van der Waals surface area contributed by atoms with E-state index in [4.69, 9.17) is 0 Å². The molecule has 1 aliphatic heterocycles. The van der Waals surface area contributed by atoms with Crippen molar-refractivity contribution in [3.63, 3.8) is 0 Å². The zero-order valence-corrected chi connectivity index (χ0v) is 9.57. The summed E-state index contributed by atoms with van der Waals surface area (Å²) < 4.78 is 1.35. The van der Waals surface area contributed by atoms with Crippen LogP contribution in [0.1, 0.15) is 25.8 Å². The van der Waals surface area contributed by atoms with E-state index in [1.807, 2.05) is 0 Å². The molecule has 0 spiro atoms. The third kappa shape index (κ3) is 2.27. The van der Waals surface area contributed by atoms with Gasteiger partial charge in [-0.3, -0.25) is 19.6 Å². The van der Waals surface area contributed by atoms with E-state index in [1.165, 1.54) is 10.9 Å². The molecular formula is C10H14N4O3. The van der Waals surface area contributed by atoms with Crippen molar-refractivity contribution in [3.8, 4) is 0 Å². The van der Waals surface area contributed by atoms with Crippen LogP contribution in [0.25, 0.3) is 0 Å². The summed E-state index contributed by atoms with van der Waals surface area (Å²) >= 11 is 0. The number of likely N-dealkylation sites (tertiary alicyclic amines) is 1. The SMILES string of the molecule is C[C@H](C(=O)N1CCCC1)n1cc([N+](=O)[O-])cn1. The second kappa shape index (κ2) is 4.52. The van der Waals surface area contributed by atoms with Gasteiger partial charge in [-0.2, -0.15) is 5.10 Å². The van der Waals surface area contributed by atoms with Crippen LogP contribution in [0.3, 0.4) is 0 Å². The number of nitrogens with zero attached hydrogens (tertiary/aromatic N) is 4. The van der Waals surface area contributed by atoms with Crippen molar-refractivity contribution in [2.24, 2.45) is 0 Å². The average Bonchev–Trinajstić information content (AvgIpc) is 2.97. The summed E-state index contributed by atoms with van der Waals surface area (Å²) in [7, 11) is 0. The molecule has 0 bridgehead atoms. The maximum absolute atomic E-state index is 12.0. The van der Waals surface area contributed by atoms with E-state index in [-0.39, 0.29) is 11.6 Å². The minimum Gasteiger partial charge on any atom is -0.341 e. The zero-order valence-electron chi connectivity index (χ0n) is 9.57. The molecule has 1 aliphatic rings. The number of hydrogen-bond acceptors (Lipinski definition) is 4. The van der Waals surface area contributed by atoms with Crippen molar-refractivity contribution < 1.29 is 9.72 Å². The van der Waals surface area contributed by atoms with Gasteiger partial charge < -0.3 is 4.90 Å². The van der Waals surface area contributed by atoms with Gasteiger partial charge in [0.2, 0.25) is 5.91 Å². The third-order valence-electron chi connectivity index (χ3n) is 2.97. The van der Waals surface area contributed by atoms with Gasteiger partial charge in [0, 0.05) is 13.1 Å². The first-order valence-corrected chi connectivity index (χ1v) is 5.57. The number of carbonyl (C=O) groups excluding carboxylic acids is 1. The minimum absolute atomic E-state index is 0.0273. The Bertz CT molecular complexity index is 437. The number of carbonyl (C=O) groups is 1. The van der Waals surface area contributed by atoms with Crippen LogP contribution in [-0.4, -0.2) is 38.6 Å². The van der Waals surface area contributed by atoms with Crippen LogP contribution < -0.4 is 0 Å². The Kier molecular flexibility index (Phi) is 3.08. The van der Waals surface area contributed by atoms with Gasteiger partial charge in [0.15, 0.2) is 0 Å². The van der Waals surface area contributed by atoms with Crippen LogP contribution in [0.15, 0.2) is 12.4 Å². The predicted octanol–water partition coefficient (Wildman–Crippen LogP) is 0.975. The molecule has 0 aliphatic carbocycles. The van der Waals surface area contributed by atoms with Crippen LogP contribution in [0.5, 0.6) is 0 Å². The first-order valence-electron chi connectivity index (χ1n) is 5.57. The lowest BCUT2D eigenvalue weighted by molar-refractivity contribution is -0.385. The van der Waals surface area contributed by atoms with E-state index >= 15 is 0 Å². The fourth-order valence-corrected chi connectivity index (χ4v) is 1.95. The van der Waals surface area contributed by atoms with Gasteiger partial charge in [-0.15, -0.1) is 0 Å². The molecule has 1 amide bonds. The Morgan fingerprint density at radius 3 is 2.71 bits per heavy atom. The van der Waals surface area contributed by atoms with Crippen molar-refractivity contribution in [2.75, 3.05) is 13.1 Å². The molecule has 2 rings (SSSR count). The molecule has 0 N–H and O–H groups in total. The van der Waals surface area contributed by atoms with Gasteiger partial charge >= 0.3 is 5.69 Å². The Hall–Kier alpha value is -1.92. The van der Waals surface area contributed by atoms with Gasteiger partial charge in [-0.05, 0) is 19.8 Å². The van der Waals surface area contributed by atoms with Crippen molar-refractivity contribution in [3.05, 3.63) is 22.5 Å². The first-order chi connectivity index (χ1) is 8.09. The summed E-state index contributed by atoms with van der Waals surface area (Å²) in [4.78, 5) is 23.8. The van der Waals surface area contributed by atoms with Crippen LogP contribution in [0.2, 0.25) is 0 Å². The predicted molar refractivity (Wildman–Crippen MR) is 59.4 cm³/mol. The van der Waals surface area contributed by atoms with E-state index in [9.17, 15) is 14.9 Å². The lowest BCUT2D eigenvalue weighted by Gasteiger charge is -2.20. The normalized spacial score (nSPS) is 17.1. The number of aromatic nitrogens is 2. The van der Waals surface area contributed by atoms with Gasteiger partial charge in [0.1, 0.15) is 18.4 Å². The molecule has 1 aromatic rings. The molecule has 0 unspecified atom stereocenters. The van der Waals surface area contributed by atoms with E-state index < -0.39 is 11.0 Å². The summed E-state index contributed by atoms with van der Waals surface area (Å²) in [5.74, 6) is -0.0273. The summed E-state index contributed by atoms with van der Waals surface area (Å²) in [6, 6.07) is -0.484. The molecule has 7 nitrogen and oxygen atoms in total. The van der Waals surface area contributed by atoms with Crippen molar-refractivity contribution in [1.82, 2.24) is 14.7 Å². The molecule has 0 saturated carbocycles. The maximum atomic E-state index is 12.0. The zero-order chi connectivity index (χ0) is 12.4. The van der Waals surface area contributed by atoms with Gasteiger partial charge in [0.05, 0.1) is 4.92 Å². The minimum atomic E-state index is -0.517. The van der Waals surface area contributed by atoms with Crippen LogP contribution in [0, 0.1) is 10.1 Å². The molecule has 1 fully saturated rings. The van der Waals surface area contributed by atoms with Crippen molar-refractivity contribution >= 4 is 11.6 Å². The van der Waals surface area contributed by atoms with E-state index in [0.717, 1.165) is 32.1 Å². The van der Waals surface area contributed by atoms with Crippen molar-refractivity contribution in [1.29, 1.82) is 0 Å².